The molecule has 2 aliphatic heterocycles. The molecular weight excluding hydrogens is 787 g/mol. The number of fused-ring (bicyclic) bond motifs is 2. The van der Waals surface area contributed by atoms with Crippen LogP contribution in [0.2, 0.25) is 0 Å². The predicted octanol–water partition coefficient (Wildman–Crippen LogP) is 10.2. The first-order chi connectivity index (χ1) is 30.1. The van der Waals surface area contributed by atoms with E-state index in [-0.39, 0.29) is 34.1 Å². The first-order valence-corrected chi connectivity index (χ1v) is 21.5. The smallest absolute Gasteiger partial charge is 0.335 e. The molecule has 2 amide bonds. The Labute approximate surface area is 370 Å². The van der Waals surface area contributed by atoms with E-state index in [1.54, 1.807) is 30.7 Å². The summed E-state index contributed by atoms with van der Waals surface area (Å²) in [5.74, 6) is -0.474. The van der Waals surface area contributed by atoms with Crippen LogP contribution in [0.1, 0.15) is 104 Å². The predicted molar refractivity (Wildman–Crippen MR) is 251 cm³/mol. The highest BCUT2D eigenvalue weighted by Crippen LogP contribution is 2.35. The van der Waals surface area contributed by atoms with Crippen molar-refractivity contribution in [2.75, 3.05) is 22.9 Å². The molecule has 0 spiro atoms. The molecule has 10 nitrogen and oxygen atoms in total. The number of amides is 2. The number of aromatic nitrogens is 2. The summed E-state index contributed by atoms with van der Waals surface area (Å²) in [5, 5.41) is 8.94. The van der Waals surface area contributed by atoms with E-state index < -0.39 is 5.97 Å². The van der Waals surface area contributed by atoms with Crippen molar-refractivity contribution in [3.63, 3.8) is 0 Å². The maximum atomic E-state index is 12.9. The van der Waals surface area contributed by atoms with Gasteiger partial charge in [0.15, 0.2) is 5.78 Å². The van der Waals surface area contributed by atoms with Crippen LogP contribution in [0, 0.1) is 0 Å². The molecule has 0 unspecified atom stereocenters. The van der Waals surface area contributed by atoms with Crippen molar-refractivity contribution in [2.24, 2.45) is 5.73 Å². The summed E-state index contributed by atoms with van der Waals surface area (Å²) in [4.78, 5) is 59.7. The molecular formula is C53H57N5O5. The van der Waals surface area contributed by atoms with E-state index in [0.717, 1.165) is 76.3 Å². The average Bonchev–Trinajstić information content (AvgIpc) is 3.93. The number of hydrogen-bond donors (Lipinski definition) is 2. The van der Waals surface area contributed by atoms with Gasteiger partial charge in [-0.3, -0.25) is 24.4 Å². The van der Waals surface area contributed by atoms with Gasteiger partial charge in [-0.25, -0.2) is 4.79 Å². The number of carboxylic acid groups (broad SMARTS) is 1. The van der Waals surface area contributed by atoms with Crippen LogP contribution in [-0.4, -0.2) is 51.7 Å². The molecule has 0 bridgehead atoms. The summed E-state index contributed by atoms with van der Waals surface area (Å²) in [6.07, 6.45) is 10.3. The lowest BCUT2D eigenvalue weighted by Gasteiger charge is -2.24. The highest BCUT2D eigenvalue weighted by molar-refractivity contribution is 5.98. The van der Waals surface area contributed by atoms with Crippen LogP contribution in [0.5, 0.6) is 0 Å². The third-order valence-electron chi connectivity index (χ3n) is 11.6. The van der Waals surface area contributed by atoms with Crippen molar-refractivity contribution in [1.82, 2.24) is 9.97 Å². The zero-order valence-electron chi connectivity index (χ0n) is 37.1. The molecule has 2 aromatic heterocycles. The molecule has 4 aromatic carbocycles. The summed E-state index contributed by atoms with van der Waals surface area (Å²) in [7, 11) is 0. The SMILES string of the molecule is CC(C)(N)c1cccnc1.CCC(=O)N1CCc2cc(-c3ccc(C(=O)CC(C)(C)c4cccnc4)cc3)ccc21.CCC(=O)N1CCc2cc(-c3ccc(C(=O)O)cc3)ccc21. The summed E-state index contributed by atoms with van der Waals surface area (Å²) >= 11 is 0. The first kappa shape index (κ1) is 45.7. The Kier molecular flexibility index (Phi) is 14.5. The number of carbonyl (C=O) groups excluding carboxylic acids is 3. The topological polar surface area (TPSA) is 147 Å². The Morgan fingerprint density at radius 1 is 0.603 bits per heavy atom. The molecule has 4 heterocycles. The van der Waals surface area contributed by atoms with Crippen LogP contribution in [0.4, 0.5) is 11.4 Å². The van der Waals surface area contributed by atoms with E-state index in [0.29, 0.717) is 19.3 Å². The van der Waals surface area contributed by atoms with Gasteiger partial charge < -0.3 is 20.6 Å². The van der Waals surface area contributed by atoms with Crippen LogP contribution in [0.25, 0.3) is 22.3 Å². The minimum absolute atomic E-state index is 0.128. The molecule has 3 N–H and O–H groups in total. The van der Waals surface area contributed by atoms with Crippen LogP contribution in [0.15, 0.2) is 134 Å². The zero-order chi connectivity index (χ0) is 45.3. The van der Waals surface area contributed by atoms with E-state index >= 15 is 0 Å². The lowest BCUT2D eigenvalue weighted by molar-refractivity contribution is -0.119. The standard InChI is InChI=1S/C27H28N2O2.C18H17NO3.C8H12N2/c1-4-26(31)29-15-13-22-16-21(11-12-24(22)29)19-7-9-20(10-8-19)25(30)17-27(2,3)23-6-5-14-28-18-23;1-2-17(20)19-10-9-15-11-14(7-8-16(15)19)12-3-5-13(6-4-12)18(21)22;1-8(2,9)7-4-3-5-10-6-7/h5-12,14,16,18H,4,13,15,17H2,1-3H3;3-8,11H,2,9-10H2,1H3,(H,21,22);3-6H,9H2,1-2H3. The van der Waals surface area contributed by atoms with E-state index in [9.17, 15) is 19.2 Å². The summed E-state index contributed by atoms with van der Waals surface area (Å²) in [5.41, 5.74) is 17.0. The largest absolute Gasteiger partial charge is 0.478 e. The third-order valence-corrected chi connectivity index (χ3v) is 11.6. The molecule has 8 rings (SSSR count). The monoisotopic (exact) mass is 843 g/mol. The van der Waals surface area contributed by atoms with Crippen molar-refractivity contribution in [1.29, 1.82) is 0 Å². The Morgan fingerprint density at radius 3 is 1.41 bits per heavy atom. The molecule has 0 radical (unpaired) electrons. The molecule has 0 fully saturated rings. The number of benzene rings is 4. The number of nitrogens with two attached hydrogens (primary N) is 1. The minimum Gasteiger partial charge on any atom is -0.478 e. The molecule has 0 saturated carbocycles. The van der Waals surface area contributed by atoms with Gasteiger partial charge in [0.25, 0.3) is 0 Å². The number of aromatic carboxylic acids is 1. The number of rotatable bonds is 10. The van der Waals surface area contributed by atoms with Crippen LogP contribution >= 0.6 is 0 Å². The number of hydrogen-bond acceptors (Lipinski definition) is 7. The molecule has 0 atom stereocenters. The highest BCUT2D eigenvalue weighted by Gasteiger charge is 2.27. The van der Waals surface area contributed by atoms with Crippen molar-refractivity contribution in [3.05, 3.63) is 167 Å². The lowest BCUT2D eigenvalue weighted by Crippen LogP contribution is -2.28. The lowest BCUT2D eigenvalue weighted by atomic mass is 9.80. The molecule has 6 aromatic rings. The van der Waals surface area contributed by atoms with Gasteiger partial charge in [-0.05, 0) is 125 Å². The number of pyridine rings is 2. The van der Waals surface area contributed by atoms with Crippen molar-refractivity contribution < 1.29 is 24.3 Å². The summed E-state index contributed by atoms with van der Waals surface area (Å²) in [6.45, 7) is 13.3. The van der Waals surface area contributed by atoms with Crippen molar-refractivity contribution in [2.45, 2.75) is 84.6 Å². The Balaban J connectivity index is 0.000000178. The van der Waals surface area contributed by atoms with Gasteiger partial charge in [-0.2, -0.15) is 0 Å². The summed E-state index contributed by atoms with van der Waals surface area (Å²) in [6, 6.07) is 34.8. The van der Waals surface area contributed by atoms with E-state index in [1.807, 2.05) is 123 Å². The quantitative estimate of drug-likeness (QED) is 0.130. The van der Waals surface area contributed by atoms with Crippen LogP contribution < -0.4 is 15.5 Å². The maximum Gasteiger partial charge on any atom is 0.335 e. The number of carboxylic acids is 1. The van der Waals surface area contributed by atoms with E-state index in [1.165, 1.54) is 11.1 Å². The normalized spacial score (nSPS) is 12.9. The third kappa shape index (κ3) is 11.2. The highest BCUT2D eigenvalue weighted by atomic mass is 16.4. The molecule has 0 aliphatic carbocycles. The number of ketones is 1. The fourth-order valence-electron chi connectivity index (χ4n) is 7.83. The number of carbonyl (C=O) groups is 4. The van der Waals surface area contributed by atoms with E-state index in [2.05, 4.69) is 42.0 Å². The molecule has 0 saturated heterocycles. The fourth-order valence-corrected chi connectivity index (χ4v) is 7.83. The van der Waals surface area contributed by atoms with Gasteiger partial charge in [0.05, 0.1) is 5.56 Å². The number of nitrogens with zero attached hydrogens (tertiary/aromatic N) is 4. The second-order valence-electron chi connectivity index (χ2n) is 17.1. The van der Waals surface area contributed by atoms with E-state index in [4.69, 9.17) is 10.8 Å². The second kappa shape index (κ2) is 19.9. The number of Topliss-reactive ketones (excluding diaryl/α,β-unsaturated/α-hetero) is 1. The minimum atomic E-state index is -0.922. The van der Waals surface area contributed by atoms with Gasteiger partial charge in [0.2, 0.25) is 11.8 Å². The second-order valence-corrected chi connectivity index (χ2v) is 17.1. The van der Waals surface area contributed by atoms with Crippen LogP contribution in [-0.2, 0) is 33.4 Å². The van der Waals surface area contributed by atoms with Gasteiger partial charge in [0, 0.05) is 79.6 Å². The number of anilines is 2. The van der Waals surface area contributed by atoms with Gasteiger partial charge in [0.1, 0.15) is 0 Å². The Morgan fingerprint density at radius 2 is 1.03 bits per heavy atom. The Bertz CT molecular complexity index is 2550. The van der Waals surface area contributed by atoms with Crippen LogP contribution in [0.3, 0.4) is 0 Å². The maximum absolute atomic E-state index is 12.9. The Hall–Kier alpha value is -6.78. The molecule has 10 heteroatoms. The van der Waals surface area contributed by atoms with Crippen molar-refractivity contribution in [3.8, 4) is 22.3 Å². The van der Waals surface area contributed by atoms with Crippen molar-refractivity contribution >= 4 is 34.9 Å². The molecule has 324 valence electrons. The first-order valence-electron chi connectivity index (χ1n) is 21.5. The fraction of sp³-hybridized carbons (Fsp3) is 0.283. The van der Waals surface area contributed by atoms with Gasteiger partial charge in [-0.15, -0.1) is 0 Å². The van der Waals surface area contributed by atoms with Gasteiger partial charge in [-0.1, -0.05) is 88.4 Å². The molecule has 2 aliphatic rings. The van der Waals surface area contributed by atoms with Gasteiger partial charge >= 0.3 is 5.97 Å². The zero-order valence-corrected chi connectivity index (χ0v) is 37.1. The summed E-state index contributed by atoms with van der Waals surface area (Å²) < 4.78 is 0. The average molecular weight is 844 g/mol. The molecule has 63 heavy (non-hydrogen) atoms.